The van der Waals surface area contributed by atoms with E-state index in [4.69, 9.17) is 10.5 Å². The molecule has 0 saturated carbocycles. The molecule has 5 aromatic rings. The van der Waals surface area contributed by atoms with Crippen LogP contribution >= 0.6 is 0 Å². The summed E-state index contributed by atoms with van der Waals surface area (Å²) in [5.74, 6) is -0.417. The van der Waals surface area contributed by atoms with Crippen LogP contribution in [-0.2, 0) is 17.1 Å². The highest BCUT2D eigenvalue weighted by Gasteiger charge is 2.25. The fourth-order valence-electron chi connectivity index (χ4n) is 4.41. The van der Waals surface area contributed by atoms with Gasteiger partial charge in [0.15, 0.2) is 5.03 Å². The minimum Gasteiger partial charge on any atom is -0.438 e. The molecular weight excluding hydrogens is 516 g/mol. The van der Waals surface area contributed by atoms with Crippen molar-refractivity contribution in [3.05, 3.63) is 89.1 Å². The quantitative estimate of drug-likeness (QED) is 0.320. The number of anilines is 1. The van der Waals surface area contributed by atoms with Crippen LogP contribution in [0.25, 0.3) is 22.2 Å². The van der Waals surface area contributed by atoms with Crippen molar-refractivity contribution in [2.45, 2.75) is 25.8 Å². The van der Waals surface area contributed by atoms with Gasteiger partial charge in [-0.3, -0.25) is 9.48 Å². The molecule has 39 heavy (non-hydrogen) atoms. The summed E-state index contributed by atoms with van der Waals surface area (Å²) in [6.45, 7) is 5.77. The summed E-state index contributed by atoms with van der Waals surface area (Å²) in [5.41, 5.74) is 10.6. The molecule has 0 fully saturated rings. The van der Waals surface area contributed by atoms with Gasteiger partial charge in [0.2, 0.25) is 5.88 Å². The summed E-state index contributed by atoms with van der Waals surface area (Å²) in [7, 11) is -2.45. The van der Waals surface area contributed by atoms with Gasteiger partial charge in [0.25, 0.3) is 15.9 Å². The van der Waals surface area contributed by atoms with Gasteiger partial charge in [-0.25, -0.2) is 14.7 Å². The molecule has 3 N–H and O–H groups in total. The van der Waals surface area contributed by atoms with E-state index in [1.54, 1.807) is 16.9 Å². The molecule has 0 saturated heterocycles. The van der Waals surface area contributed by atoms with Crippen molar-refractivity contribution in [3.8, 4) is 22.9 Å². The van der Waals surface area contributed by atoms with Crippen LogP contribution < -0.4 is 15.2 Å². The smallest absolute Gasteiger partial charge is 0.281 e. The number of fused-ring (bicyclic) bond motifs is 1. The summed E-state index contributed by atoms with van der Waals surface area (Å²) in [5, 5.41) is 4.83. The Balaban J connectivity index is 1.58. The Morgan fingerprint density at radius 3 is 2.44 bits per heavy atom. The average Bonchev–Trinajstić information content (AvgIpc) is 3.25. The first-order valence-electron chi connectivity index (χ1n) is 12.0. The zero-order chi connectivity index (χ0) is 27.9. The van der Waals surface area contributed by atoms with E-state index in [1.165, 1.54) is 24.3 Å². The van der Waals surface area contributed by atoms with Gasteiger partial charge in [-0.2, -0.15) is 13.5 Å². The second-order valence-corrected chi connectivity index (χ2v) is 10.9. The first-order valence-corrected chi connectivity index (χ1v) is 13.5. The van der Waals surface area contributed by atoms with Gasteiger partial charge in [-0.1, -0.05) is 29.8 Å². The Bertz CT molecular complexity index is 1840. The van der Waals surface area contributed by atoms with E-state index >= 15 is 0 Å². The lowest BCUT2D eigenvalue weighted by Gasteiger charge is -2.16. The van der Waals surface area contributed by atoms with Crippen LogP contribution in [0.1, 0.15) is 27.0 Å². The molecule has 0 aliphatic heterocycles. The van der Waals surface area contributed by atoms with E-state index in [9.17, 15) is 13.2 Å². The number of nitrogens with two attached hydrogens (primary N) is 1. The molecule has 3 heterocycles. The Morgan fingerprint density at radius 1 is 0.974 bits per heavy atom. The number of aromatic nitrogens is 4. The monoisotopic (exact) mass is 542 g/mol. The van der Waals surface area contributed by atoms with Crippen molar-refractivity contribution in [1.82, 2.24) is 24.5 Å². The molecule has 0 aliphatic rings. The number of ether oxygens (including phenoxy) is 1. The first-order chi connectivity index (χ1) is 18.5. The molecule has 3 aromatic heterocycles. The van der Waals surface area contributed by atoms with Crippen LogP contribution in [-0.4, -0.2) is 34.1 Å². The molecule has 10 nitrogen and oxygen atoms in total. The third-order valence-corrected chi connectivity index (χ3v) is 7.43. The highest BCUT2D eigenvalue weighted by Crippen LogP contribution is 2.33. The van der Waals surface area contributed by atoms with E-state index in [0.717, 1.165) is 33.2 Å². The highest BCUT2D eigenvalue weighted by molar-refractivity contribution is 7.90. The molecular formula is C28H26N6O4S. The molecule has 5 rings (SSSR count). The third kappa shape index (κ3) is 5.16. The predicted octanol–water partition coefficient (Wildman–Crippen LogP) is 4.45. The number of carbonyl (C=O) groups excluding carboxylic acids is 1. The van der Waals surface area contributed by atoms with Gasteiger partial charge in [0.05, 0.1) is 17.4 Å². The summed E-state index contributed by atoms with van der Waals surface area (Å²) < 4.78 is 35.8. The van der Waals surface area contributed by atoms with Crippen molar-refractivity contribution in [2.75, 3.05) is 5.73 Å². The molecule has 0 aliphatic carbocycles. The number of carbonyl (C=O) groups is 1. The molecule has 198 valence electrons. The lowest BCUT2D eigenvalue weighted by Crippen LogP contribution is -2.31. The van der Waals surface area contributed by atoms with Crippen LogP contribution in [0.5, 0.6) is 11.6 Å². The molecule has 0 atom stereocenters. The fraction of sp³-hybridized carbons (Fsp3) is 0.143. The number of hydrogen-bond donors (Lipinski definition) is 2. The lowest BCUT2D eigenvalue weighted by molar-refractivity contribution is 0.0978. The normalized spacial score (nSPS) is 11.5. The van der Waals surface area contributed by atoms with Crippen LogP contribution in [0.15, 0.2) is 71.9 Å². The number of amides is 1. The van der Waals surface area contributed by atoms with Crippen molar-refractivity contribution in [2.24, 2.45) is 7.05 Å². The van der Waals surface area contributed by atoms with Crippen LogP contribution in [0.3, 0.4) is 0 Å². The van der Waals surface area contributed by atoms with E-state index in [0.29, 0.717) is 11.4 Å². The second kappa shape index (κ2) is 9.84. The van der Waals surface area contributed by atoms with Gasteiger partial charge in [0, 0.05) is 18.0 Å². The molecule has 0 spiro atoms. The van der Waals surface area contributed by atoms with Crippen LogP contribution in [0.4, 0.5) is 5.82 Å². The van der Waals surface area contributed by atoms with E-state index in [2.05, 4.69) is 19.8 Å². The average molecular weight is 543 g/mol. The molecule has 1 amide bonds. The van der Waals surface area contributed by atoms with Crippen LogP contribution in [0.2, 0.25) is 0 Å². The second-order valence-electron chi connectivity index (χ2n) is 9.26. The number of sulfonamides is 1. The van der Waals surface area contributed by atoms with E-state index in [1.807, 2.05) is 58.2 Å². The number of pyridine rings is 2. The minimum absolute atomic E-state index is 0.0104. The largest absolute Gasteiger partial charge is 0.438 e. The van der Waals surface area contributed by atoms with E-state index < -0.39 is 15.9 Å². The number of hydrogen-bond acceptors (Lipinski definition) is 8. The van der Waals surface area contributed by atoms with Gasteiger partial charge in [0.1, 0.15) is 17.1 Å². The highest BCUT2D eigenvalue weighted by atomic mass is 32.2. The Hall–Kier alpha value is -4.77. The standard InChI is InChI=1S/C28H26N6O4S/c1-16-12-17(2)26(18(3)13-16)38-28-21(27(35)33-39(36,37)25-7-5-6-24(29)32-25)9-10-22(31-28)19-8-11-23-20(14-19)15-30-34(23)4/h5-15H,1-4H3,(H2,29,32)(H,33,35). The molecule has 2 aromatic carbocycles. The van der Waals surface area contributed by atoms with Gasteiger partial charge >= 0.3 is 0 Å². The van der Waals surface area contributed by atoms with Crippen molar-refractivity contribution >= 4 is 32.7 Å². The zero-order valence-corrected chi connectivity index (χ0v) is 22.6. The lowest BCUT2D eigenvalue weighted by atomic mass is 10.1. The zero-order valence-electron chi connectivity index (χ0n) is 21.8. The SMILES string of the molecule is Cc1cc(C)c(Oc2nc(-c3ccc4c(cnn4C)c3)ccc2C(=O)NS(=O)(=O)c2cccc(N)n2)c(C)c1. The number of nitrogens with zero attached hydrogens (tertiary/aromatic N) is 4. The Labute approximate surface area is 225 Å². The van der Waals surface area contributed by atoms with Crippen molar-refractivity contribution in [1.29, 1.82) is 0 Å². The van der Waals surface area contributed by atoms with Crippen molar-refractivity contribution < 1.29 is 17.9 Å². The van der Waals surface area contributed by atoms with E-state index in [-0.39, 0.29) is 22.3 Å². The maximum absolute atomic E-state index is 13.3. The Morgan fingerprint density at radius 2 is 1.72 bits per heavy atom. The number of nitrogen functional groups attached to an aromatic ring is 1. The number of nitrogens with one attached hydrogen (secondary N) is 1. The molecule has 0 unspecified atom stereocenters. The predicted molar refractivity (Wildman–Crippen MR) is 148 cm³/mol. The third-order valence-electron chi connectivity index (χ3n) is 6.20. The molecule has 11 heteroatoms. The van der Waals surface area contributed by atoms with Crippen molar-refractivity contribution in [3.63, 3.8) is 0 Å². The topological polar surface area (TPSA) is 142 Å². The Kier molecular flexibility index (Phi) is 6.52. The summed E-state index contributed by atoms with van der Waals surface area (Å²) in [4.78, 5) is 21.8. The first kappa shape index (κ1) is 25.9. The number of aryl methyl sites for hydroxylation is 4. The maximum Gasteiger partial charge on any atom is 0.281 e. The fourth-order valence-corrected chi connectivity index (χ4v) is 5.35. The van der Waals surface area contributed by atoms with Gasteiger partial charge in [-0.05, 0) is 68.3 Å². The van der Waals surface area contributed by atoms with Gasteiger partial charge < -0.3 is 10.5 Å². The molecule has 0 bridgehead atoms. The van der Waals surface area contributed by atoms with Crippen LogP contribution in [0, 0.1) is 20.8 Å². The summed E-state index contributed by atoms with van der Waals surface area (Å²) in [6.07, 6.45) is 1.76. The minimum atomic E-state index is -4.31. The summed E-state index contributed by atoms with van der Waals surface area (Å²) in [6, 6.07) is 16.9. The maximum atomic E-state index is 13.3. The summed E-state index contributed by atoms with van der Waals surface area (Å²) >= 11 is 0. The van der Waals surface area contributed by atoms with Gasteiger partial charge in [-0.15, -0.1) is 0 Å². The number of benzene rings is 2. The number of rotatable bonds is 6. The molecule has 0 radical (unpaired) electrons.